The second kappa shape index (κ2) is 8.74. The van der Waals surface area contributed by atoms with Gasteiger partial charge in [-0.25, -0.2) is 0 Å². The summed E-state index contributed by atoms with van der Waals surface area (Å²) in [6.45, 7) is 1.82. The normalized spacial score (nSPS) is 20.9. The number of carboxylic acid groups (broad SMARTS) is 1. The van der Waals surface area contributed by atoms with E-state index in [0.29, 0.717) is 29.9 Å². The molecule has 1 aliphatic carbocycles. The number of nitrogens with one attached hydrogen (secondary N) is 1. The van der Waals surface area contributed by atoms with Crippen molar-refractivity contribution in [2.75, 3.05) is 14.2 Å². The van der Waals surface area contributed by atoms with Crippen molar-refractivity contribution in [3.63, 3.8) is 0 Å². The van der Waals surface area contributed by atoms with Gasteiger partial charge in [0, 0.05) is 11.6 Å². The van der Waals surface area contributed by atoms with Crippen LogP contribution in [0.1, 0.15) is 54.4 Å². The molecule has 1 fully saturated rings. The molecular weight excluding hydrogens is 322 g/mol. The Balaban J connectivity index is 2.22. The minimum absolute atomic E-state index is 0.268. The van der Waals surface area contributed by atoms with E-state index in [1.54, 1.807) is 19.2 Å². The van der Waals surface area contributed by atoms with Crippen LogP contribution in [0.3, 0.4) is 0 Å². The van der Waals surface area contributed by atoms with E-state index < -0.39 is 11.9 Å². The standard InChI is InChI=1S/C19H27NO5/c1-12-10-16(24-2)17(25-3)11-14(12)18(21)20-15-9-7-5-4-6-8-13(15)19(22)23/h10-11,13,15H,4-9H2,1-3H3,(H,20,21)(H,22,23). The van der Waals surface area contributed by atoms with Gasteiger partial charge in [0.25, 0.3) is 5.91 Å². The molecule has 0 heterocycles. The zero-order valence-electron chi connectivity index (χ0n) is 15.1. The topological polar surface area (TPSA) is 84.9 Å². The first kappa shape index (κ1) is 19.1. The average molecular weight is 349 g/mol. The van der Waals surface area contributed by atoms with Crippen LogP contribution in [0.4, 0.5) is 0 Å². The van der Waals surface area contributed by atoms with Gasteiger partial charge in [-0.1, -0.05) is 25.7 Å². The molecular formula is C19H27NO5. The summed E-state index contributed by atoms with van der Waals surface area (Å²) in [5.74, 6) is -0.604. The van der Waals surface area contributed by atoms with Gasteiger partial charge in [0.15, 0.2) is 11.5 Å². The van der Waals surface area contributed by atoms with Crippen molar-refractivity contribution in [1.82, 2.24) is 5.32 Å². The molecule has 6 heteroatoms. The lowest BCUT2D eigenvalue weighted by molar-refractivity contribution is -0.143. The number of amides is 1. The van der Waals surface area contributed by atoms with Crippen molar-refractivity contribution in [2.24, 2.45) is 5.92 Å². The van der Waals surface area contributed by atoms with E-state index in [4.69, 9.17) is 9.47 Å². The monoisotopic (exact) mass is 349 g/mol. The van der Waals surface area contributed by atoms with E-state index in [2.05, 4.69) is 5.32 Å². The van der Waals surface area contributed by atoms with E-state index in [1.165, 1.54) is 7.11 Å². The molecule has 1 saturated carbocycles. The van der Waals surface area contributed by atoms with Gasteiger partial charge in [0.2, 0.25) is 0 Å². The van der Waals surface area contributed by atoms with Crippen LogP contribution in [-0.4, -0.2) is 37.2 Å². The molecule has 1 aromatic rings. The maximum Gasteiger partial charge on any atom is 0.308 e. The van der Waals surface area contributed by atoms with Gasteiger partial charge >= 0.3 is 5.97 Å². The number of aryl methyl sites for hydroxylation is 1. The first-order chi connectivity index (χ1) is 12.0. The molecule has 2 rings (SSSR count). The van der Waals surface area contributed by atoms with Gasteiger partial charge in [0.1, 0.15) is 0 Å². The fourth-order valence-corrected chi connectivity index (χ4v) is 3.42. The fourth-order valence-electron chi connectivity index (χ4n) is 3.42. The molecule has 1 amide bonds. The van der Waals surface area contributed by atoms with E-state index in [0.717, 1.165) is 31.2 Å². The van der Waals surface area contributed by atoms with Crippen molar-refractivity contribution in [1.29, 1.82) is 0 Å². The predicted octanol–water partition coefficient (Wildman–Crippen LogP) is 3.17. The van der Waals surface area contributed by atoms with Crippen LogP contribution >= 0.6 is 0 Å². The van der Waals surface area contributed by atoms with Gasteiger partial charge in [-0.3, -0.25) is 9.59 Å². The molecule has 2 unspecified atom stereocenters. The summed E-state index contributed by atoms with van der Waals surface area (Å²) in [7, 11) is 3.06. The maximum absolute atomic E-state index is 12.8. The number of hydrogen-bond acceptors (Lipinski definition) is 4. The number of aliphatic carboxylic acids is 1. The van der Waals surface area contributed by atoms with Crippen molar-refractivity contribution in [3.8, 4) is 11.5 Å². The summed E-state index contributed by atoms with van der Waals surface area (Å²) >= 11 is 0. The number of ether oxygens (including phenoxy) is 2. The summed E-state index contributed by atoms with van der Waals surface area (Å²) < 4.78 is 10.5. The first-order valence-corrected chi connectivity index (χ1v) is 8.74. The zero-order chi connectivity index (χ0) is 18.4. The fraction of sp³-hybridized carbons (Fsp3) is 0.579. The van der Waals surface area contributed by atoms with Gasteiger partial charge in [-0.2, -0.15) is 0 Å². The summed E-state index contributed by atoms with van der Waals surface area (Å²) in [4.78, 5) is 24.4. The Morgan fingerprint density at radius 3 is 2.24 bits per heavy atom. The lowest BCUT2D eigenvalue weighted by Crippen LogP contribution is -2.44. The molecule has 0 bridgehead atoms. The molecule has 2 atom stereocenters. The molecule has 0 radical (unpaired) electrons. The molecule has 0 aliphatic heterocycles. The molecule has 25 heavy (non-hydrogen) atoms. The minimum Gasteiger partial charge on any atom is -0.493 e. The SMILES string of the molecule is COc1cc(C)c(C(=O)NC2CCCCCCC2C(=O)O)cc1OC. The van der Waals surface area contributed by atoms with Gasteiger partial charge in [0.05, 0.1) is 20.1 Å². The molecule has 6 nitrogen and oxygen atoms in total. The zero-order valence-corrected chi connectivity index (χ0v) is 15.1. The van der Waals surface area contributed by atoms with E-state index in [1.807, 2.05) is 6.92 Å². The van der Waals surface area contributed by atoms with Crippen LogP contribution in [0, 0.1) is 12.8 Å². The third-order valence-electron chi connectivity index (χ3n) is 4.87. The number of carboxylic acids is 1. The van der Waals surface area contributed by atoms with Crippen LogP contribution in [-0.2, 0) is 4.79 Å². The summed E-state index contributed by atoms with van der Waals surface area (Å²) in [6.07, 6.45) is 5.24. The molecule has 0 aromatic heterocycles. The van der Waals surface area contributed by atoms with Crippen LogP contribution in [0.15, 0.2) is 12.1 Å². The molecule has 0 spiro atoms. The van der Waals surface area contributed by atoms with Crippen molar-refractivity contribution >= 4 is 11.9 Å². The first-order valence-electron chi connectivity index (χ1n) is 8.74. The summed E-state index contributed by atoms with van der Waals surface area (Å²) in [5.41, 5.74) is 1.23. The van der Waals surface area contributed by atoms with Crippen LogP contribution < -0.4 is 14.8 Å². The Morgan fingerprint density at radius 1 is 1.04 bits per heavy atom. The van der Waals surface area contributed by atoms with Crippen LogP contribution in [0.2, 0.25) is 0 Å². The molecule has 1 aliphatic rings. The number of rotatable bonds is 5. The van der Waals surface area contributed by atoms with Crippen LogP contribution in [0.5, 0.6) is 11.5 Å². The lowest BCUT2D eigenvalue weighted by Gasteiger charge is -2.27. The lowest BCUT2D eigenvalue weighted by atomic mass is 9.86. The van der Waals surface area contributed by atoms with Gasteiger partial charge < -0.3 is 19.9 Å². The number of methoxy groups -OCH3 is 2. The second-order valence-electron chi connectivity index (χ2n) is 6.54. The summed E-state index contributed by atoms with van der Waals surface area (Å²) in [6, 6.07) is 3.04. The average Bonchev–Trinajstić information content (AvgIpc) is 2.56. The summed E-state index contributed by atoms with van der Waals surface area (Å²) in [5, 5.41) is 12.5. The highest BCUT2D eigenvalue weighted by Gasteiger charge is 2.30. The second-order valence-corrected chi connectivity index (χ2v) is 6.54. The number of carbonyl (C=O) groups is 2. The smallest absolute Gasteiger partial charge is 0.308 e. The van der Waals surface area contributed by atoms with Crippen molar-refractivity contribution in [2.45, 2.75) is 51.5 Å². The Bertz CT molecular complexity index is 628. The highest BCUT2D eigenvalue weighted by Crippen LogP contribution is 2.31. The molecule has 0 saturated heterocycles. The Morgan fingerprint density at radius 2 is 1.64 bits per heavy atom. The number of benzene rings is 1. The Hall–Kier alpha value is -2.24. The number of carbonyl (C=O) groups excluding carboxylic acids is 1. The third kappa shape index (κ3) is 4.65. The van der Waals surface area contributed by atoms with Gasteiger partial charge in [-0.15, -0.1) is 0 Å². The highest BCUT2D eigenvalue weighted by atomic mass is 16.5. The highest BCUT2D eigenvalue weighted by molar-refractivity contribution is 5.96. The number of hydrogen-bond donors (Lipinski definition) is 2. The Labute approximate surface area is 148 Å². The largest absolute Gasteiger partial charge is 0.493 e. The molecule has 1 aromatic carbocycles. The molecule has 2 N–H and O–H groups in total. The molecule has 138 valence electrons. The third-order valence-corrected chi connectivity index (χ3v) is 4.87. The van der Waals surface area contributed by atoms with E-state index in [9.17, 15) is 14.7 Å². The quantitative estimate of drug-likeness (QED) is 0.853. The van der Waals surface area contributed by atoms with E-state index >= 15 is 0 Å². The minimum atomic E-state index is -0.837. The van der Waals surface area contributed by atoms with Crippen molar-refractivity contribution in [3.05, 3.63) is 23.3 Å². The Kier molecular flexibility index (Phi) is 6.67. The maximum atomic E-state index is 12.8. The van der Waals surface area contributed by atoms with Crippen LogP contribution in [0.25, 0.3) is 0 Å². The van der Waals surface area contributed by atoms with Crippen molar-refractivity contribution < 1.29 is 24.2 Å². The van der Waals surface area contributed by atoms with E-state index in [-0.39, 0.29) is 11.9 Å². The van der Waals surface area contributed by atoms with Gasteiger partial charge in [-0.05, 0) is 37.5 Å². The predicted molar refractivity (Wildman–Crippen MR) is 94.4 cm³/mol.